The summed E-state index contributed by atoms with van der Waals surface area (Å²) in [6.07, 6.45) is 2.46. The van der Waals surface area contributed by atoms with E-state index in [-0.39, 0.29) is 17.1 Å². The monoisotopic (exact) mass is 331 g/mol. The van der Waals surface area contributed by atoms with Gasteiger partial charge in [-0.1, -0.05) is 6.07 Å². The van der Waals surface area contributed by atoms with Crippen LogP contribution >= 0.6 is 0 Å². The molecule has 7 nitrogen and oxygen atoms in total. The SMILES string of the molecule is CS(=O)(=O)CCC(N)c1nc2c(S(C)(=O)=O)cccc2[nH]1. The molecule has 0 aliphatic rings. The first-order chi connectivity index (χ1) is 9.58. The Morgan fingerprint density at radius 1 is 1.24 bits per heavy atom. The molecule has 0 amide bonds. The Kier molecular flexibility index (Phi) is 4.09. The van der Waals surface area contributed by atoms with Crippen molar-refractivity contribution < 1.29 is 16.8 Å². The van der Waals surface area contributed by atoms with Crippen molar-refractivity contribution in [3.8, 4) is 0 Å². The summed E-state index contributed by atoms with van der Waals surface area (Å²) in [5, 5.41) is 0. The molecule has 1 atom stereocenters. The summed E-state index contributed by atoms with van der Waals surface area (Å²) in [6, 6.07) is 4.19. The number of nitrogens with one attached hydrogen (secondary N) is 1. The van der Waals surface area contributed by atoms with Crippen LogP contribution in [0.15, 0.2) is 23.1 Å². The molecule has 2 aromatic rings. The summed E-state index contributed by atoms with van der Waals surface area (Å²) in [7, 11) is -6.50. The summed E-state index contributed by atoms with van der Waals surface area (Å²) in [5.41, 5.74) is 6.80. The second kappa shape index (κ2) is 5.39. The van der Waals surface area contributed by atoms with Gasteiger partial charge in [-0.05, 0) is 18.6 Å². The van der Waals surface area contributed by atoms with Gasteiger partial charge in [-0.2, -0.15) is 0 Å². The quantitative estimate of drug-likeness (QED) is 0.817. The Balaban J connectivity index is 2.40. The molecule has 0 aliphatic heterocycles. The Hall–Kier alpha value is -1.45. The van der Waals surface area contributed by atoms with Gasteiger partial charge in [0.2, 0.25) is 0 Å². The van der Waals surface area contributed by atoms with E-state index in [1.54, 1.807) is 12.1 Å². The highest BCUT2D eigenvalue weighted by atomic mass is 32.2. The van der Waals surface area contributed by atoms with Gasteiger partial charge in [0.25, 0.3) is 0 Å². The summed E-state index contributed by atoms with van der Waals surface area (Å²) in [5.74, 6) is 0.328. The van der Waals surface area contributed by atoms with Gasteiger partial charge >= 0.3 is 0 Å². The lowest BCUT2D eigenvalue weighted by atomic mass is 10.2. The van der Waals surface area contributed by atoms with Crippen LogP contribution in [0.2, 0.25) is 0 Å². The molecule has 0 bridgehead atoms. The van der Waals surface area contributed by atoms with Gasteiger partial charge in [-0.15, -0.1) is 0 Å². The van der Waals surface area contributed by atoms with Gasteiger partial charge in [0.15, 0.2) is 9.84 Å². The third-order valence-corrected chi connectivity index (χ3v) is 5.15. The smallest absolute Gasteiger partial charge is 0.177 e. The number of aromatic nitrogens is 2. The second-order valence-corrected chi connectivity index (χ2v) is 9.32. The van der Waals surface area contributed by atoms with Crippen molar-refractivity contribution in [2.75, 3.05) is 18.3 Å². The van der Waals surface area contributed by atoms with Gasteiger partial charge in [0.1, 0.15) is 21.2 Å². The first-order valence-corrected chi connectivity index (χ1v) is 10.1. The normalized spacial score (nSPS) is 14.4. The van der Waals surface area contributed by atoms with E-state index in [2.05, 4.69) is 9.97 Å². The van der Waals surface area contributed by atoms with E-state index in [1.807, 2.05) is 0 Å². The largest absolute Gasteiger partial charge is 0.341 e. The molecule has 0 fully saturated rings. The number of hydrogen-bond donors (Lipinski definition) is 2. The van der Waals surface area contributed by atoms with Crippen LogP contribution in [-0.4, -0.2) is 45.1 Å². The first-order valence-electron chi connectivity index (χ1n) is 6.20. The van der Waals surface area contributed by atoms with Crippen LogP contribution in [0.4, 0.5) is 0 Å². The number of nitrogens with two attached hydrogens (primary N) is 1. The maximum Gasteiger partial charge on any atom is 0.177 e. The average molecular weight is 331 g/mol. The van der Waals surface area contributed by atoms with Crippen LogP contribution in [-0.2, 0) is 19.7 Å². The number of benzene rings is 1. The van der Waals surface area contributed by atoms with Gasteiger partial charge in [-0.25, -0.2) is 21.8 Å². The fourth-order valence-electron chi connectivity index (χ4n) is 1.98. The molecule has 1 unspecified atom stereocenters. The van der Waals surface area contributed by atoms with Crippen LogP contribution < -0.4 is 5.73 Å². The number of para-hydroxylation sites is 1. The third kappa shape index (κ3) is 3.80. The molecule has 0 saturated heterocycles. The summed E-state index contributed by atoms with van der Waals surface area (Å²) in [6.45, 7) is 0. The van der Waals surface area contributed by atoms with Crippen LogP contribution in [0.25, 0.3) is 11.0 Å². The fourth-order valence-corrected chi connectivity index (χ4v) is 3.49. The molecule has 0 spiro atoms. The standard InChI is InChI=1S/C12H17N3O4S2/c1-20(16,17)7-6-8(13)12-14-9-4-3-5-10(11(9)15-12)21(2,18)19/h3-5,8H,6-7,13H2,1-2H3,(H,14,15). The van der Waals surface area contributed by atoms with E-state index < -0.39 is 25.7 Å². The van der Waals surface area contributed by atoms with Gasteiger partial charge in [0, 0.05) is 12.5 Å². The molecule has 0 aliphatic carbocycles. The summed E-state index contributed by atoms with van der Waals surface area (Å²) >= 11 is 0. The van der Waals surface area contributed by atoms with Crippen molar-refractivity contribution in [3.05, 3.63) is 24.0 Å². The Morgan fingerprint density at radius 3 is 2.48 bits per heavy atom. The Morgan fingerprint density at radius 2 is 1.90 bits per heavy atom. The molecule has 1 aromatic heterocycles. The van der Waals surface area contributed by atoms with Gasteiger partial charge < -0.3 is 10.7 Å². The highest BCUT2D eigenvalue weighted by Crippen LogP contribution is 2.23. The van der Waals surface area contributed by atoms with Crippen molar-refractivity contribution in [1.29, 1.82) is 0 Å². The van der Waals surface area contributed by atoms with Crippen LogP contribution in [0.3, 0.4) is 0 Å². The van der Waals surface area contributed by atoms with Crippen molar-refractivity contribution >= 4 is 30.7 Å². The van der Waals surface area contributed by atoms with E-state index in [9.17, 15) is 16.8 Å². The number of sulfone groups is 2. The van der Waals surface area contributed by atoms with Crippen LogP contribution in [0.1, 0.15) is 18.3 Å². The first kappa shape index (κ1) is 15.9. The topological polar surface area (TPSA) is 123 Å². The number of rotatable bonds is 5. The molecule has 2 rings (SSSR count). The molecule has 21 heavy (non-hydrogen) atoms. The lowest BCUT2D eigenvalue weighted by molar-refractivity contribution is 0.588. The zero-order chi connectivity index (χ0) is 15.8. The van der Waals surface area contributed by atoms with Crippen LogP contribution in [0.5, 0.6) is 0 Å². The number of aromatic amines is 1. The predicted molar refractivity (Wildman–Crippen MR) is 80.5 cm³/mol. The number of H-pyrrole nitrogens is 1. The van der Waals surface area contributed by atoms with Crippen molar-refractivity contribution in [3.63, 3.8) is 0 Å². The van der Waals surface area contributed by atoms with E-state index >= 15 is 0 Å². The van der Waals surface area contributed by atoms with E-state index in [0.717, 1.165) is 12.5 Å². The molecule has 1 heterocycles. The molecular weight excluding hydrogens is 314 g/mol. The molecule has 9 heteroatoms. The molecule has 0 radical (unpaired) electrons. The maximum atomic E-state index is 11.7. The minimum atomic E-state index is -3.40. The minimum Gasteiger partial charge on any atom is -0.341 e. The van der Waals surface area contributed by atoms with E-state index in [0.29, 0.717) is 16.9 Å². The molecular formula is C12H17N3O4S2. The number of imidazole rings is 1. The summed E-state index contributed by atoms with van der Waals surface area (Å²) < 4.78 is 45.8. The minimum absolute atomic E-state index is 0.0514. The number of nitrogens with zero attached hydrogens (tertiary/aromatic N) is 1. The van der Waals surface area contributed by atoms with E-state index in [1.165, 1.54) is 6.07 Å². The van der Waals surface area contributed by atoms with Gasteiger partial charge in [-0.3, -0.25) is 0 Å². The fraction of sp³-hybridized carbons (Fsp3) is 0.417. The molecule has 0 saturated carbocycles. The maximum absolute atomic E-state index is 11.7. The number of hydrogen-bond acceptors (Lipinski definition) is 6. The van der Waals surface area contributed by atoms with E-state index in [4.69, 9.17) is 5.73 Å². The molecule has 3 N–H and O–H groups in total. The Bertz CT molecular complexity index is 869. The molecule has 116 valence electrons. The summed E-state index contributed by atoms with van der Waals surface area (Å²) in [4.78, 5) is 7.30. The second-order valence-electron chi connectivity index (χ2n) is 5.07. The lowest BCUT2D eigenvalue weighted by Crippen LogP contribution is -2.16. The predicted octanol–water partition coefficient (Wildman–Crippen LogP) is 0.401. The third-order valence-electron chi connectivity index (χ3n) is 3.04. The zero-order valence-corrected chi connectivity index (χ0v) is 13.3. The van der Waals surface area contributed by atoms with Crippen molar-refractivity contribution in [2.24, 2.45) is 5.73 Å². The van der Waals surface area contributed by atoms with Crippen molar-refractivity contribution in [1.82, 2.24) is 9.97 Å². The lowest BCUT2D eigenvalue weighted by Gasteiger charge is -2.06. The number of fused-ring (bicyclic) bond motifs is 1. The average Bonchev–Trinajstić information content (AvgIpc) is 2.77. The Labute approximate surface area is 123 Å². The highest BCUT2D eigenvalue weighted by molar-refractivity contribution is 7.91. The van der Waals surface area contributed by atoms with Crippen LogP contribution in [0, 0.1) is 0 Å². The van der Waals surface area contributed by atoms with Gasteiger partial charge in [0.05, 0.1) is 22.2 Å². The van der Waals surface area contributed by atoms with Crippen molar-refractivity contribution in [2.45, 2.75) is 17.4 Å². The molecule has 1 aromatic carbocycles. The highest BCUT2D eigenvalue weighted by Gasteiger charge is 2.18. The zero-order valence-electron chi connectivity index (χ0n) is 11.7.